The van der Waals surface area contributed by atoms with Crippen LogP contribution in [0.25, 0.3) is 10.8 Å². The number of imide groups is 1. The summed E-state index contributed by atoms with van der Waals surface area (Å²) in [4.78, 5) is 26.9. The molecule has 0 spiro atoms. The number of carbonyl (C=O) groups is 2. The highest BCUT2D eigenvalue weighted by Gasteiger charge is 2.23. The van der Waals surface area contributed by atoms with E-state index >= 15 is 0 Å². The van der Waals surface area contributed by atoms with Crippen molar-refractivity contribution < 1.29 is 9.59 Å². The van der Waals surface area contributed by atoms with Crippen molar-refractivity contribution in [2.24, 2.45) is 0 Å². The lowest BCUT2D eigenvalue weighted by Gasteiger charge is -2.15. The molecule has 4 rings (SSSR count). The number of pyridine rings is 1. The van der Waals surface area contributed by atoms with Crippen molar-refractivity contribution in [3.8, 4) is 0 Å². The molecule has 0 fully saturated rings. The van der Waals surface area contributed by atoms with Gasteiger partial charge < -0.3 is 0 Å². The van der Waals surface area contributed by atoms with Gasteiger partial charge in [-0.1, -0.05) is 30.3 Å². The Morgan fingerprint density at radius 2 is 1.29 bits per heavy atom. The Balaban J connectivity index is 0.000000186. The van der Waals surface area contributed by atoms with E-state index in [9.17, 15) is 9.59 Å². The standard InChI is InChI=1S/C12H7NO2.C5H5N/c14-11-8-5-1-3-7-4-2-6-9(10(7)8)12(15)13-11;1-2-4-6-5-3-1/h1-6H,(H,13,14,15);1-5H. The van der Waals surface area contributed by atoms with Gasteiger partial charge in [0.25, 0.3) is 11.8 Å². The van der Waals surface area contributed by atoms with Gasteiger partial charge in [-0.15, -0.1) is 0 Å². The summed E-state index contributed by atoms with van der Waals surface area (Å²) in [6.07, 6.45) is 3.50. The van der Waals surface area contributed by atoms with E-state index in [1.165, 1.54) is 0 Å². The molecule has 2 aromatic carbocycles. The van der Waals surface area contributed by atoms with Gasteiger partial charge >= 0.3 is 0 Å². The van der Waals surface area contributed by atoms with E-state index in [0.717, 1.165) is 10.8 Å². The van der Waals surface area contributed by atoms with Crippen LogP contribution in [-0.2, 0) is 0 Å². The fraction of sp³-hybridized carbons (Fsp3) is 0. The van der Waals surface area contributed by atoms with Gasteiger partial charge in [0.1, 0.15) is 0 Å². The van der Waals surface area contributed by atoms with Gasteiger partial charge in [-0.3, -0.25) is 19.9 Å². The van der Waals surface area contributed by atoms with Crippen molar-refractivity contribution in [1.29, 1.82) is 0 Å². The number of carbonyl (C=O) groups excluding carboxylic acids is 2. The molecule has 2 amide bonds. The summed E-state index contributed by atoms with van der Waals surface area (Å²) in [7, 11) is 0. The number of nitrogens with one attached hydrogen (secondary N) is 1. The maximum absolute atomic E-state index is 11.6. The Hall–Kier alpha value is -3.01. The van der Waals surface area contributed by atoms with E-state index in [2.05, 4.69) is 10.3 Å². The molecule has 1 N–H and O–H groups in total. The van der Waals surface area contributed by atoms with Crippen LogP contribution in [0.4, 0.5) is 0 Å². The van der Waals surface area contributed by atoms with Crippen LogP contribution in [0.2, 0.25) is 0 Å². The summed E-state index contributed by atoms with van der Waals surface area (Å²) < 4.78 is 0. The van der Waals surface area contributed by atoms with Gasteiger partial charge in [0.15, 0.2) is 0 Å². The van der Waals surface area contributed by atoms with Gasteiger partial charge in [-0.2, -0.15) is 0 Å². The minimum atomic E-state index is -0.315. The second kappa shape index (κ2) is 5.54. The highest BCUT2D eigenvalue weighted by molar-refractivity contribution is 6.25. The number of aromatic nitrogens is 1. The minimum Gasteiger partial charge on any atom is -0.288 e. The number of rotatable bonds is 0. The molecule has 0 radical (unpaired) electrons. The molecule has 1 aliphatic rings. The summed E-state index contributed by atoms with van der Waals surface area (Å²) in [6, 6.07) is 16.6. The monoisotopic (exact) mass is 276 g/mol. The number of benzene rings is 2. The van der Waals surface area contributed by atoms with Crippen LogP contribution < -0.4 is 5.32 Å². The zero-order chi connectivity index (χ0) is 14.7. The normalized spacial score (nSPS) is 12.4. The van der Waals surface area contributed by atoms with Gasteiger partial charge in [0, 0.05) is 28.9 Å². The lowest BCUT2D eigenvalue weighted by Crippen LogP contribution is -2.34. The van der Waals surface area contributed by atoms with Crippen molar-refractivity contribution >= 4 is 22.6 Å². The molecular weight excluding hydrogens is 264 g/mol. The Kier molecular flexibility index (Phi) is 3.43. The summed E-state index contributed by atoms with van der Waals surface area (Å²) in [5.74, 6) is -0.631. The van der Waals surface area contributed by atoms with Gasteiger partial charge in [-0.25, -0.2) is 0 Å². The molecule has 4 heteroatoms. The van der Waals surface area contributed by atoms with Crippen LogP contribution >= 0.6 is 0 Å². The molecule has 0 unspecified atom stereocenters. The maximum Gasteiger partial charge on any atom is 0.258 e. The summed E-state index contributed by atoms with van der Waals surface area (Å²) in [6.45, 7) is 0. The zero-order valence-corrected chi connectivity index (χ0v) is 11.1. The Morgan fingerprint density at radius 1 is 0.714 bits per heavy atom. The second-order valence-electron chi connectivity index (χ2n) is 4.52. The van der Waals surface area contributed by atoms with Gasteiger partial charge in [-0.05, 0) is 29.7 Å². The highest BCUT2D eigenvalue weighted by Crippen LogP contribution is 2.25. The third kappa shape index (κ3) is 2.51. The molecule has 3 aromatic rings. The van der Waals surface area contributed by atoms with E-state index in [4.69, 9.17) is 0 Å². The SMILES string of the molecule is O=C1NC(=O)c2cccc3cccc1c23.c1ccncc1. The first-order valence-corrected chi connectivity index (χ1v) is 6.50. The van der Waals surface area contributed by atoms with E-state index in [0.29, 0.717) is 11.1 Å². The summed E-state index contributed by atoms with van der Waals surface area (Å²) in [5.41, 5.74) is 1.14. The Morgan fingerprint density at radius 3 is 1.71 bits per heavy atom. The fourth-order valence-electron chi connectivity index (χ4n) is 2.27. The number of hydrogen-bond acceptors (Lipinski definition) is 3. The van der Waals surface area contributed by atoms with Crippen LogP contribution in [0, 0.1) is 0 Å². The van der Waals surface area contributed by atoms with Crippen molar-refractivity contribution in [2.75, 3.05) is 0 Å². The summed E-state index contributed by atoms with van der Waals surface area (Å²) in [5, 5.41) is 4.00. The van der Waals surface area contributed by atoms with Gasteiger partial charge in [0.05, 0.1) is 0 Å². The third-order valence-corrected chi connectivity index (χ3v) is 3.19. The van der Waals surface area contributed by atoms with Gasteiger partial charge in [0.2, 0.25) is 0 Å². The zero-order valence-electron chi connectivity index (χ0n) is 11.1. The van der Waals surface area contributed by atoms with Crippen LogP contribution in [0.1, 0.15) is 20.7 Å². The first kappa shape index (κ1) is 13.0. The van der Waals surface area contributed by atoms with E-state index in [-0.39, 0.29) is 11.8 Å². The Labute approximate surface area is 121 Å². The number of nitrogens with zero attached hydrogens (tertiary/aromatic N) is 1. The molecule has 2 heterocycles. The lowest BCUT2D eigenvalue weighted by atomic mass is 9.95. The van der Waals surface area contributed by atoms with Crippen molar-refractivity contribution in [3.63, 3.8) is 0 Å². The van der Waals surface area contributed by atoms with Crippen molar-refractivity contribution in [1.82, 2.24) is 10.3 Å². The number of hydrogen-bond donors (Lipinski definition) is 1. The largest absolute Gasteiger partial charge is 0.288 e. The summed E-state index contributed by atoms with van der Waals surface area (Å²) >= 11 is 0. The lowest BCUT2D eigenvalue weighted by molar-refractivity contribution is 0.0845. The molecule has 0 saturated heterocycles. The van der Waals surface area contributed by atoms with Crippen LogP contribution in [0.15, 0.2) is 67.0 Å². The average Bonchev–Trinajstić information content (AvgIpc) is 2.55. The quantitative estimate of drug-likeness (QED) is 0.642. The van der Waals surface area contributed by atoms with E-state index in [1.807, 2.05) is 42.5 Å². The first-order valence-electron chi connectivity index (χ1n) is 6.50. The van der Waals surface area contributed by atoms with E-state index in [1.54, 1.807) is 24.5 Å². The van der Waals surface area contributed by atoms with Crippen LogP contribution in [-0.4, -0.2) is 16.8 Å². The fourth-order valence-corrected chi connectivity index (χ4v) is 2.27. The van der Waals surface area contributed by atoms with E-state index < -0.39 is 0 Å². The second-order valence-corrected chi connectivity index (χ2v) is 4.52. The topological polar surface area (TPSA) is 59.1 Å². The van der Waals surface area contributed by atoms with Crippen LogP contribution in [0.5, 0.6) is 0 Å². The van der Waals surface area contributed by atoms with Crippen molar-refractivity contribution in [2.45, 2.75) is 0 Å². The molecule has 1 aliphatic heterocycles. The highest BCUT2D eigenvalue weighted by atomic mass is 16.2. The minimum absolute atomic E-state index is 0.315. The van der Waals surface area contributed by atoms with Crippen molar-refractivity contribution in [3.05, 3.63) is 78.1 Å². The maximum atomic E-state index is 11.6. The predicted octanol–water partition coefficient (Wildman–Crippen LogP) is 2.81. The number of amides is 2. The molecule has 102 valence electrons. The molecule has 4 nitrogen and oxygen atoms in total. The molecule has 0 bridgehead atoms. The first-order chi connectivity index (χ1) is 10.3. The molecule has 0 saturated carbocycles. The Bertz CT molecular complexity index is 738. The smallest absolute Gasteiger partial charge is 0.258 e. The molecule has 21 heavy (non-hydrogen) atoms. The third-order valence-electron chi connectivity index (χ3n) is 3.19. The molecule has 0 aliphatic carbocycles. The van der Waals surface area contributed by atoms with Crippen LogP contribution in [0.3, 0.4) is 0 Å². The molecule has 0 atom stereocenters. The predicted molar refractivity (Wildman–Crippen MR) is 80.0 cm³/mol. The molecular formula is C17H12N2O2. The average molecular weight is 276 g/mol. The molecule has 1 aromatic heterocycles.